The summed E-state index contributed by atoms with van der Waals surface area (Å²) in [6.07, 6.45) is 5.01. The zero-order chi connectivity index (χ0) is 18.4. The Morgan fingerprint density at radius 1 is 1.15 bits per heavy atom. The van der Waals surface area contributed by atoms with Gasteiger partial charge in [0.1, 0.15) is 0 Å². The highest BCUT2D eigenvalue weighted by Gasteiger charge is 2.34. The van der Waals surface area contributed by atoms with E-state index in [1.54, 1.807) is 14.2 Å². The maximum Gasteiger partial charge on any atom is 0.190 e. The SMILES string of the molecule is CN=C(NCCc1ccc(OC)c(OC)c1)NCC1CCN(C2CC2)C1. The van der Waals surface area contributed by atoms with Crippen LogP contribution in [-0.4, -0.2) is 64.3 Å². The molecule has 1 unspecified atom stereocenters. The van der Waals surface area contributed by atoms with Gasteiger partial charge in [-0.2, -0.15) is 0 Å². The minimum Gasteiger partial charge on any atom is -0.493 e. The first-order valence-corrected chi connectivity index (χ1v) is 9.63. The summed E-state index contributed by atoms with van der Waals surface area (Å²) < 4.78 is 10.7. The molecule has 0 bridgehead atoms. The van der Waals surface area contributed by atoms with Gasteiger partial charge in [-0.3, -0.25) is 4.99 Å². The van der Waals surface area contributed by atoms with Crippen LogP contribution >= 0.6 is 0 Å². The van der Waals surface area contributed by atoms with Gasteiger partial charge in [0.25, 0.3) is 0 Å². The molecule has 0 aromatic heterocycles. The van der Waals surface area contributed by atoms with Crippen molar-refractivity contribution in [3.63, 3.8) is 0 Å². The van der Waals surface area contributed by atoms with E-state index in [0.29, 0.717) is 0 Å². The van der Waals surface area contributed by atoms with Crippen molar-refractivity contribution in [2.24, 2.45) is 10.9 Å². The molecule has 1 saturated carbocycles. The fourth-order valence-corrected chi connectivity index (χ4v) is 3.62. The van der Waals surface area contributed by atoms with E-state index in [2.05, 4.69) is 26.6 Å². The minimum atomic E-state index is 0.736. The Balaban J connectivity index is 1.39. The maximum absolute atomic E-state index is 5.37. The summed E-state index contributed by atoms with van der Waals surface area (Å²) in [4.78, 5) is 7.00. The van der Waals surface area contributed by atoms with Crippen LogP contribution in [0.25, 0.3) is 0 Å². The molecule has 1 aromatic carbocycles. The lowest BCUT2D eigenvalue weighted by molar-refractivity contribution is 0.314. The van der Waals surface area contributed by atoms with Crippen molar-refractivity contribution in [3.05, 3.63) is 23.8 Å². The van der Waals surface area contributed by atoms with Crippen molar-refractivity contribution in [1.29, 1.82) is 0 Å². The third kappa shape index (κ3) is 5.04. The molecule has 1 aromatic rings. The molecule has 3 rings (SSSR count). The molecule has 1 saturated heterocycles. The van der Waals surface area contributed by atoms with E-state index in [-0.39, 0.29) is 0 Å². The van der Waals surface area contributed by atoms with Gasteiger partial charge in [0.15, 0.2) is 17.5 Å². The third-order valence-corrected chi connectivity index (χ3v) is 5.32. The quantitative estimate of drug-likeness (QED) is 0.548. The number of nitrogens with zero attached hydrogens (tertiary/aromatic N) is 2. The summed E-state index contributed by atoms with van der Waals surface area (Å²) in [6.45, 7) is 4.33. The molecule has 0 spiro atoms. The van der Waals surface area contributed by atoms with Gasteiger partial charge in [0, 0.05) is 32.7 Å². The molecule has 6 nitrogen and oxygen atoms in total. The molecular weight excluding hydrogens is 328 g/mol. The molecule has 1 heterocycles. The summed E-state index contributed by atoms with van der Waals surface area (Å²) in [6, 6.07) is 6.94. The Morgan fingerprint density at radius 2 is 1.96 bits per heavy atom. The number of rotatable bonds is 8. The molecular formula is C20H32N4O2. The van der Waals surface area contributed by atoms with Crippen molar-refractivity contribution in [1.82, 2.24) is 15.5 Å². The van der Waals surface area contributed by atoms with E-state index in [9.17, 15) is 0 Å². The van der Waals surface area contributed by atoms with Gasteiger partial charge in [-0.15, -0.1) is 0 Å². The molecule has 1 atom stereocenters. The van der Waals surface area contributed by atoms with E-state index in [4.69, 9.17) is 9.47 Å². The Bertz CT molecular complexity index is 616. The van der Waals surface area contributed by atoms with Crippen molar-refractivity contribution >= 4 is 5.96 Å². The van der Waals surface area contributed by atoms with Crippen LogP contribution in [0.4, 0.5) is 0 Å². The van der Waals surface area contributed by atoms with Crippen molar-refractivity contribution < 1.29 is 9.47 Å². The normalized spacial score (nSPS) is 20.9. The van der Waals surface area contributed by atoms with Gasteiger partial charge in [-0.1, -0.05) is 6.07 Å². The van der Waals surface area contributed by atoms with Gasteiger partial charge in [0.05, 0.1) is 14.2 Å². The average molecular weight is 361 g/mol. The van der Waals surface area contributed by atoms with Crippen molar-refractivity contribution in [3.8, 4) is 11.5 Å². The first kappa shape index (κ1) is 18.8. The van der Waals surface area contributed by atoms with Crippen LogP contribution in [0, 0.1) is 5.92 Å². The largest absolute Gasteiger partial charge is 0.493 e. The maximum atomic E-state index is 5.37. The number of nitrogens with one attached hydrogen (secondary N) is 2. The van der Waals surface area contributed by atoms with Crippen molar-refractivity contribution in [2.45, 2.75) is 31.7 Å². The number of benzene rings is 1. The number of hydrogen-bond donors (Lipinski definition) is 2. The molecule has 2 aliphatic rings. The molecule has 2 N–H and O–H groups in total. The monoisotopic (exact) mass is 360 g/mol. The number of methoxy groups -OCH3 is 2. The second-order valence-electron chi connectivity index (χ2n) is 7.20. The highest BCUT2D eigenvalue weighted by Crippen LogP contribution is 2.31. The van der Waals surface area contributed by atoms with E-state index >= 15 is 0 Å². The lowest BCUT2D eigenvalue weighted by atomic mass is 10.1. The van der Waals surface area contributed by atoms with Gasteiger partial charge in [0.2, 0.25) is 0 Å². The molecule has 1 aliphatic carbocycles. The van der Waals surface area contributed by atoms with E-state index < -0.39 is 0 Å². The van der Waals surface area contributed by atoms with E-state index in [1.807, 2.05) is 19.2 Å². The fourth-order valence-electron chi connectivity index (χ4n) is 3.62. The van der Waals surface area contributed by atoms with E-state index in [1.165, 1.54) is 37.9 Å². The number of likely N-dealkylation sites (tertiary alicyclic amines) is 1. The highest BCUT2D eigenvalue weighted by atomic mass is 16.5. The van der Waals surface area contributed by atoms with Crippen LogP contribution in [0.3, 0.4) is 0 Å². The van der Waals surface area contributed by atoms with Crippen LogP contribution < -0.4 is 20.1 Å². The van der Waals surface area contributed by atoms with Gasteiger partial charge in [-0.05, 0) is 55.8 Å². The second kappa shape index (κ2) is 9.12. The minimum absolute atomic E-state index is 0.736. The molecule has 6 heteroatoms. The Hall–Kier alpha value is -1.95. The zero-order valence-corrected chi connectivity index (χ0v) is 16.3. The summed E-state index contributed by atoms with van der Waals surface area (Å²) in [7, 11) is 5.15. The Labute approximate surface area is 157 Å². The standard InChI is InChI=1S/C20H32N4O2/c1-21-20(23-13-16-9-11-24(14-16)17-5-6-17)22-10-8-15-4-7-18(25-2)19(12-15)26-3/h4,7,12,16-17H,5-6,8-11,13-14H2,1-3H3,(H2,21,22,23). The van der Waals surface area contributed by atoms with Crippen LogP contribution in [0.15, 0.2) is 23.2 Å². The lowest BCUT2D eigenvalue weighted by Gasteiger charge is -2.17. The van der Waals surface area contributed by atoms with Crippen LogP contribution in [0.5, 0.6) is 11.5 Å². The molecule has 26 heavy (non-hydrogen) atoms. The van der Waals surface area contributed by atoms with Gasteiger partial charge in [-0.25, -0.2) is 0 Å². The number of ether oxygens (including phenoxy) is 2. The zero-order valence-electron chi connectivity index (χ0n) is 16.3. The van der Waals surface area contributed by atoms with Crippen LogP contribution in [0.1, 0.15) is 24.8 Å². The fraction of sp³-hybridized carbons (Fsp3) is 0.650. The number of aliphatic imine (C=N–C) groups is 1. The average Bonchev–Trinajstić information content (AvgIpc) is 3.42. The molecule has 1 aliphatic heterocycles. The number of guanidine groups is 1. The summed E-state index contributed by atoms with van der Waals surface area (Å²) in [5, 5.41) is 6.89. The van der Waals surface area contributed by atoms with E-state index in [0.717, 1.165) is 48.9 Å². The predicted molar refractivity (Wildman–Crippen MR) is 105 cm³/mol. The number of hydrogen-bond acceptors (Lipinski definition) is 4. The van der Waals surface area contributed by atoms with Crippen LogP contribution in [0.2, 0.25) is 0 Å². The molecule has 0 radical (unpaired) electrons. The summed E-state index contributed by atoms with van der Waals surface area (Å²) in [5.41, 5.74) is 1.21. The van der Waals surface area contributed by atoms with Gasteiger partial charge < -0.3 is 25.0 Å². The topological polar surface area (TPSA) is 58.1 Å². The first-order valence-electron chi connectivity index (χ1n) is 9.63. The third-order valence-electron chi connectivity index (χ3n) is 5.32. The van der Waals surface area contributed by atoms with Crippen molar-refractivity contribution in [2.75, 3.05) is 47.4 Å². The summed E-state index contributed by atoms with van der Waals surface area (Å²) in [5.74, 6) is 3.16. The molecule has 144 valence electrons. The Kier molecular flexibility index (Phi) is 6.61. The lowest BCUT2D eigenvalue weighted by Crippen LogP contribution is -2.41. The van der Waals surface area contributed by atoms with Crippen LogP contribution in [-0.2, 0) is 6.42 Å². The smallest absolute Gasteiger partial charge is 0.190 e. The molecule has 0 amide bonds. The Morgan fingerprint density at radius 3 is 2.65 bits per heavy atom. The highest BCUT2D eigenvalue weighted by molar-refractivity contribution is 5.79. The first-order chi connectivity index (χ1) is 12.7. The van der Waals surface area contributed by atoms with Gasteiger partial charge >= 0.3 is 0 Å². The summed E-state index contributed by atoms with van der Waals surface area (Å²) >= 11 is 0. The second-order valence-corrected chi connectivity index (χ2v) is 7.20. The predicted octanol–water partition coefficient (Wildman–Crippen LogP) is 1.90. The molecule has 2 fully saturated rings.